The molecule has 2 amide bonds. The lowest BCUT2D eigenvalue weighted by Crippen LogP contribution is -2.46. The second-order valence-electron chi connectivity index (χ2n) is 8.01. The number of aliphatic hydroxyl groups excluding tert-OH is 1. The summed E-state index contributed by atoms with van der Waals surface area (Å²) in [4.78, 5) is 26.1. The van der Waals surface area contributed by atoms with Gasteiger partial charge in [-0.15, -0.1) is 0 Å². The highest BCUT2D eigenvalue weighted by Gasteiger charge is 2.26. The van der Waals surface area contributed by atoms with Crippen molar-refractivity contribution in [2.24, 2.45) is 5.92 Å². The minimum Gasteiger partial charge on any atom is -0.391 e. The molecule has 2 rings (SSSR count). The second-order valence-corrected chi connectivity index (χ2v) is 8.01. The number of aliphatic hydroxyl groups is 1. The third kappa shape index (κ3) is 5.30. The van der Waals surface area contributed by atoms with Crippen LogP contribution in [0.5, 0.6) is 0 Å². The van der Waals surface area contributed by atoms with E-state index in [1.807, 2.05) is 31.2 Å². The summed E-state index contributed by atoms with van der Waals surface area (Å²) in [5.74, 6) is 0.0507. The molecule has 0 radical (unpaired) electrons. The van der Waals surface area contributed by atoms with Crippen LogP contribution in [0.15, 0.2) is 24.3 Å². The zero-order valence-corrected chi connectivity index (χ0v) is 15.7. The molecule has 2 atom stereocenters. The van der Waals surface area contributed by atoms with Crippen molar-refractivity contribution in [3.63, 3.8) is 0 Å². The Hall–Kier alpha value is -1.88. The van der Waals surface area contributed by atoms with Crippen LogP contribution in [-0.4, -0.2) is 47.6 Å². The molecular weight excluding hydrogens is 316 g/mol. The van der Waals surface area contributed by atoms with Crippen LogP contribution in [0.4, 0.5) is 0 Å². The number of nitrogens with one attached hydrogen (secondary N) is 1. The lowest BCUT2D eigenvalue weighted by atomic mass is 9.87. The first-order valence-electron chi connectivity index (χ1n) is 9.03. The SMILES string of the molecule is CC1CCN(C(=O)CCNC(=O)c2ccc(C(C)(C)C)cc2)CC1O. The molecule has 5 nitrogen and oxygen atoms in total. The van der Waals surface area contributed by atoms with E-state index in [0.717, 1.165) is 6.42 Å². The standard InChI is InChI=1S/C20H30N2O3/c1-14-10-12-22(13-17(14)23)18(24)9-11-21-19(25)15-5-7-16(8-6-15)20(2,3)4/h5-8,14,17,23H,9-13H2,1-4H3,(H,21,25). The number of likely N-dealkylation sites (tertiary alicyclic amines) is 1. The number of nitrogens with zero attached hydrogens (tertiary/aromatic N) is 1. The molecule has 1 heterocycles. The largest absolute Gasteiger partial charge is 0.391 e. The molecule has 1 aromatic rings. The van der Waals surface area contributed by atoms with Gasteiger partial charge in [-0.2, -0.15) is 0 Å². The van der Waals surface area contributed by atoms with Crippen molar-refractivity contribution in [2.75, 3.05) is 19.6 Å². The van der Waals surface area contributed by atoms with E-state index >= 15 is 0 Å². The molecule has 1 saturated heterocycles. The first kappa shape index (κ1) is 19.4. The number of rotatable bonds is 4. The summed E-state index contributed by atoms with van der Waals surface area (Å²) in [5, 5.41) is 12.7. The normalized spacial score (nSPS) is 21.1. The van der Waals surface area contributed by atoms with Gasteiger partial charge in [0.2, 0.25) is 5.91 Å². The highest BCUT2D eigenvalue weighted by molar-refractivity contribution is 5.94. The van der Waals surface area contributed by atoms with E-state index in [9.17, 15) is 14.7 Å². The topological polar surface area (TPSA) is 69.6 Å². The van der Waals surface area contributed by atoms with E-state index in [4.69, 9.17) is 0 Å². The van der Waals surface area contributed by atoms with Crippen LogP contribution in [0.3, 0.4) is 0 Å². The van der Waals surface area contributed by atoms with Gasteiger partial charge in [0.25, 0.3) is 5.91 Å². The number of benzene rings is 1. The van der Waals surface area contributed by atoms with Gasteiger partial charge in [0, 0.05) is 31.6 Å². The quantitative estimate of drug-likeness (QED) is 0.879. The highest BCUT2D eigenvalue weighted by atomic mass is 16.3. The average Bonchev–Trinajstić information content (AvgIpc) is 2.56. The summed E-state index contributed by atoms with van der Waals surface area (Å²) in [6, 6.07) is 7.58. The molecule has 25 heavy (non-hydrogen) atoms. The molecule has 5 heteroatoms. The van der Waals surface area contributed by atoms with Gasteiger partial charge in [-0.25, -0.2) is 0 Å². The molecule has 0 aliphatic carbocycles. The minimum atomic E-state index is -0.450. The van der Waals surface area contributed by atoms with Crippen LogP contribution in [0.25, 0.3) is 0 Å². The Balaban J connectivity index is 1.79. The first-order chi connectivity index (χ1) is 11.7. The van der Waals surface area contributed by atoms with Crippen LogP contribution in [0.1, 0.15) is 56.5 Å². The molecule has 2 N–H and O–H groups in total. The van der Waals surface area contributed by atoms with Crippen molar-refractivity contribution in [3.8, 4) is 0 Å². The number of amides is 2. The van der Waals surface area contributed by atoms with Crippen molar-refractivity contribution in [1.82, 2.24) is 10.2 Å². The molecule has 2 unspecified atom stereocenters. The van der Waals surface area contributed by atoms with E-state index < -0.39 is 6.10 Å². The van der Waals surface area contributed by atoms with Crippen molar-refractivity contribution >= 4 is 11.8 Å². The Morgan fingerprint density at radius 1 is 1.24 bits per heavy atom. The van der Waals surface area contributed by atoms with E-state index in [1.54, 1.807) is 4.90 Å². The number of carbonyl (C=O) groups is 2. The number of hydrogen-bond acceptors (Lipinski definition) is 3. The Bertz CT molecular complexity index is 604. The van der Waals surface area contributed by atoms with Crippen LogP contribution >= 0.6 is 0 Å². The van der Waals surface area contributed by atoms with Gasteiger partial charge in [-0.3, -0.25) is 9.59 Å². The highest BCUT2D eigenvalue weighted by Crippen LogP contribution is 2.22. The summed E-state index contributed by atoms with van der Waals surface area (Å²) in [7, 11) is 0. The van der Waals surface area contributed by atoms with E-state index in [-0.39, 0.29) is 29.6 Å². The van der Waals surface area contributed by atoms with Crippen molar-refractivity contribution in [3.05, 3.63) is 35.4 Å². The fourth-order valence-electron chi connectivity index (χ4n) is 2.94. The summed E-state index contributed by atoms with van der Waals surface area (Å²) in [6.07, 6.45) is 0.625. The zero-order chi connectivity index (χ0) is 18.6. The lowest BCUT2D eigenvalue weighted by molar-refractivity contribution is -0.135. The molecule has 1 aliphatic rings. The number of piperidine rings is 1. The average molecular weight is 346 g/mol. The summed E-state index contributed by atoms with van der Waals surface area (Å²) >= 11 is 0. The number of hydrogen-bond donors (Lipinski definition) is 2. The van der Waals surface area contributed by atoms with Crippen LogP contribution in [0.2, 0.25) is 0 Å². The first-order valence-corrected chi connectivity index (χ1v) is 9.03. The summed E-state index contributed by atoms with van der Waals surface area (Å²) in [6.45, 7) is 9.77. The van der Waals surface area contributed by atoms with Crippen LogP contribution < -0.4 is 5.32 Å². The molecule has 0 saturated carbocycles. The third-order valence-electron chi connectivity index (χ3n) is 4.91. The maximum Gasteiger partial charge on any atom is 0.251 e. The van der Waals surface area contributed by atoms with Crippen LogP contribution in [0, 0.1) is 5.92 Å². The number of β-amino-alcohol motifs (C(OH)–C–C–N with tert-alkyl or cyclic N) is 1. The molecule has 0 aromatic heterocycles. The second kappa shape index (κ2) is 8.00. The van der Waals surface area contributed by atoms with E-state index in [1.165, 1.54) is 5.56 Å². The third-order valence-corrected chi connectivity index (χ3v) is 4.91. The predicted octanol–water partition coefficient (Wildman–Crippen LogP) is 2.33. The minimum absolute atomic E-state index is 0.0191. The van der Waals surface area contributed by atoms with Crippen LogP contribution in [-0.2, 0) is 10.2 Å². The number of carbonyl (C=O) groups excluding carboxylic acids is 2. The van der Waals surface area contributed by atoms with E-state index in [0.29, 0.717) is 25.2 Å². The molecule has 1 aromatic carbocycles. The molecule has 0 spiro atoms. The molecule has 1 fully saturated rings. The lowest BCUT2D eigenvalue weighted by Gasteiger charge is -2.34. The van der Waals surface area contributed by atoms with E-state index in [2.05, 4.69) is 26.1 Å². The fourth-order valence-corrected chi connectivity index (χ4v) is 2.94. The maximum absolute atomic E-state index is 12.2. The molecular formula is C20H30N2O3. The molecule has 138 valence electrons. The van der Waals surface area contributed by atoms with Gasteiger partial charge in [0.15, 0.2) is 0 Å². The predicted molar refractivity (Wildman–Crippen MR) is 98.5 cm³/mol. The fraction of sp³-hybridized carbons (Fsp3) is 0.600. The monoisotopic (exact) mass is 346 g/mol. The smallest absolute Gasteiger partial charge is 0.251 e. The Morgan fingerprint density at radius 3 is 2.44 bits per heavy atom. The molecule has 1 aliphatic heterocycles. The van der Waals surface area contributed by atoms with Gasteiger partial charge in [-0.1, -0.05) is 39.8 Å². The van der Waals surface area contributed by atoms with Gasteiger partial charge in [-0.05, 0) is 35.4 Å². The molecule has 0 bridgehead atoms. The maximum atomic E-state index is 12.2. The zero-order valence-electron chi connectivity index (χ0n) is 15.7. The van der Waals surface area contributed by atoms with Gasteiger partial charge in [0.05, 0.1) is 6.10 Å². The Labute approximate surface area is 150 Å². The van der Waals surface area contributed by atoms with Gasteiger partial charge < -0.3 is 15.3 Å². The van der Waals surface area contributed by atoms with Crippen molar-refractivity contribution in [2.45, 2.75) is 52.1 Å². The Morgan fingerprint density at radius 2 is 1.88 bits per heavy atom. The van der Waals surface area contributed by atoms with Gasteiger partial charge >= 0.3 is 0 Å². The van der Waals surface area contributed by atoms with Crippen molar-refractivity contribution < 1.29 is 14.7 Å². The van der Waals surface area contributed by atoms with Gasteiger partial charge in [0.1, 0.15) is 0 Å². The summed E-state index contributed by atoms with van der Waals surface area (Å²) in [5.41, 5.74) is 1.83. The summed E-state index contributed by atoms with van der Waals surface area (Å²) < 4.78 is 0. The van der Waals surface area contributed by atoms with Crippen molar-refractivity contribution in [1.29, 1.82) is 0 Å². The Kier molecular flexibility index (Phi) is 6.22.